The summed E-state index contributed by atoms with van der Waals surface area (Å²) < 4.78 is 33.4. The molecule has 0 amide bonds. The monoisotopic (exact) mass is 437 g/mol. The number of aromatic nitrogens is 1. The van der Waals surface area contributed by atoms with Crippen molar-refractivity contribution in [2.75, 3.05) is 24.2 Å². The number of benzene rings is 2. The van der Waals surface area contributed by atoms with E-state index >= 15 is 0 Å². The molecule has 1 aliphatic rings. The first kappa shape index (κ1) is 21.3. The Balaban J connectivity index is 1.83. The van der Waals surface area contributed by atoms with Gasteiger partial charge in [-0.3, -0.25) is 4.31 Å². The third-order valence-electron chi connectivity index (χ3n) is 6.13. The van der Waals surface area contributed by atoms with Crippen LogP contribution in [0.1, 0.15) is 31.7 Å². The molecule has 0 aliphatic heterocycles. The Morgan fingerprint density at radius 1 is 1.19 bits per heavy atom. The Hall–Kier alpha value is -2.98. The van der Waals surface area contributed by atoms with Gasteiger partial charge >= 0.3 is 0 Å². The molecule has 1 heterocycles. The van der Waals surface area contributed by atoms with E-state index in [0.29, 0.717) is 11.3 Å². The van der Waals surface area contributed by atoms with E-state index in [2.05, 4.69) is 10.6 Å². The summed E-state index contributed by atoms with van der Waals surface area (Å²) in [4.78, 5) is 0. The zero-order chi connectivity index (χ0) is 22.2. The quantitative estimate of drug-likeness (QED) is 0.508. The van der Waals surface area contributed by atoms with Gasteiger partial charge < -0.3 is 9.30 Å². The fourth-order valence-electron chi connectivity index (χ4n) is 4.00. The molecule has 6 nitrogen and oxygen atoms in total. The molecule has 1 saturated carbocycles. The number of hydrogen-bond donors (Lipinski definition) is 0. The first-order valence-corrected chi connectivity index (χ1v) is 12.2. The number of methoxy groups -OCH3 is 1. The van der Waals surface area contributed by atoms with Crippen molar-refractivity contribution in [3.05, 3.63) is 48.0 Å². The van der Waals surface area contributed by atoms with Crippen LogP contribution in [0.4, 0.5) is 5.69 Å². The minimum absolute atomic E-state index is 0.0427. The SMILES string of the molecule is CCS(=O)(=O)N(C)c1ccc(-c2c(C#N)c3ccc(OC)cc3n2CCC2CC2)cc1. The number of hydrogen-bond acceptors (Lipinski definition) is 4. The topological polar surface area (TPSA) is 75.3 Å². The zero-order valence-corrected chi connectivity index (χ0v) is 18.9. The highest BCUT2D eigenvalue weighted by atomic mass is 32.2. The van der Waals surface area contributed by atoms with Crippen molar-refractivity contribution in [1.82, 2.24) is 4.57 Å². The first-order chi connectivity index (χ1) is 14.9. The fourth-order valence-corrected chi connectivity index (χ4v) is 4.83. The molecule has 0 bridgehead atoms. The Bertz CT molecular complexity index is 1250. The van der Waals surface area contributed by atoms with Gasteiger partial charge in [0.1, 0.15) is 11.8 Å². The number of ether oxygens (including phenoxy) is 1. The minimum atomic E-state index is -3.33. The van der Waals surface area contributed by atoms with Gasteiger partial charge in [0.05, 0.1) is 35.3 Å². The van der Waals surface area contributed by atoms with Crippen LogP contribution in [0, 0.1) is 17.2 Å². The highest BCUT2D eigenvalue weighted by Gasteiger charge is 2.24. The molecular weight excluding hydrogens is 410 g/mol. The number of fused-ring (bicyclic) bond motifs is 1. The van der Waals surface area contributed by atoms with Crippen LogP contribution in [-0.4, -0.2) is 32.9 Å². The Morgan fingerprint density at radius 3 is 2.48 bits per heavy atom. The summed E-state index contributed by atoms with van der Waals surface area (Å²) in [6.45, 7) is 2.46. The highest BCUT2D eigenvalue weighted by molar-refractivity contribution is 7.92. The fraction of sp³-hybridized carbons (Fsp3) is 0.375. The molecule has 162 valence electrons. The van der Waals surface area contributed by atoms with E-state index in [1.54, 1.807) is 33.2 Å². The Labute approximate surface area is 183 Å². The molecule has 3 aromatic rings. The summed E-state index contributed by atoms with van der Waals surface area (Å²) in [7, 11) is -0.121. The second-order valence-corrected chi connectivity index (χ2v) is 10.3. The van der Waals surface area contributed by atoms with Crippen molar-refractivity contribution in [2.24, 2.45) is 5.92 Å². The van der Waals surface area contributed by atoms with Crippen LogP contribution in [0.3, 0.4) is 0 Å². The standard InChI is InChI=1S/C24H27N3O3S/c1-4-31(28,29)26(2)19-9-7-18(8-10-19)24-22(16-25)21-12-11-20(30-3)15-23(21)27(24)14-13-17-5-6-17/h7-12,15,17H,4-6,13-14H2,1-3H3. The van der Waals surface area contributed by atoms with E-state index in [1.807, 2.05) is 30.3 Å². The molecule has 1 aromatic heterocycles. The van der Waals surface area contributed by atoms with Crippen LogP contribution in [0.25, 0.3) is 22.2 Å². The van der Waals surface area contributed by atoms with Crippen LogP contribution in [0.15, 0.2) is 42.5 Å². The predicted octanol–water partition coefficient (Wildman–Crippen LogP) is 4.77. The van der Waals surface area contributed by atoms with Gasteiger partial charge in [0, 0.05) is 25.0 Å². The third-order valence-corrected chi connectivity index (χ3v) is 7.90. The van der Waals surface area contributed by atoms with Gasteiger partial charge in [0.2, 0.25) is 10.0 Å². The molecule has 1 aliphatic carbocycles. The van der Waals surface area contributed by atoms with E-state index in [0.717, 1.165) is 46.8 Å². The summed E-state index contributed by atoms with van der Waals surface area (Å²) >= 11 is 0. The lowest BCUT2D eigenvalue weighted by molar-refractivity contribution is 0.415. The Morgan fingerprint density at radius 2 is 1.90 bits per heavy atom. The molecule has 31 heavy (non-hydrogen) atoms. The number of sulfonamides is 1. The van der Waals surface area contributed by atoms with Crippen molar-refractivity contribution in [2.45, 2.75) is 32.7 Å². The molecular formula is C24H27N3O3S. The average Bonchev–Trinajstić information content (AvgIpc) is 3.57. The van der Waals surface area contributed by atoms with Crippen molar-refractivity contribution in [3.8, 4) is 23.1 Å². The smallest absolute Gasteiger partial charge is 0.234 e. The van der Waals surface area contributed by atoms with Gasteiger partial charge in [-0.05, 0) is 49.1 Å². The van der Waals surface area contributed by atoms with E-state index < -0.39 is 10.0 Å². The second kappa shape index (κ2) is 8.27. The van der Waals surface area contributed by atoms with Crippen LogP contribution in [0.5, 0.6) is 5.75 Å². The molecule has 0 atom stereocenters. The number of anilines is 1. The lowest BCUT2D eigenvalue weighted by atomic mass is 10.1. The van der Waals surface area contributed by atoms with Crippen molar-refractivity contribution < 1.29 is 13.2 Å². The molecule has 1 fully saturated rings. The number of rotatable bonds is 8. The van der Waals surface area contributed by atoms with Crippen LogP contribution in [-0.2, 0) is 16.6 Å². The predicted molar refractivity (Wildman–Crippen MR) is 124 cm³/mol. The normalized spacial score (nSPS) is 13.9. The first-order valence-electron chi connectivity index (χ1n) is 10.6. The molecule has 2 aromatic carbocycles. The maximum atomic E-state index is 12.2. The van der Waals surface area contributed by atoms with Crippen LogP contribution >= 0.6 is 0 Å². The molecule has 0 radical (unpaired) electrons. The summed E-state index contributed by atoms with van der Waals surface area (Å²) in [6.07, 6.45) is 3.63. The van der Waals surface area contributed by atoms with Crippen molar-refractivity contribution >= 4 is 26.6 Å². The van der Waals surface area contributed by atoms with E-state index in [1.165, 1.54) is 17.1 Å². The molecule has 0 N–H and O–H groups in total. The van der Waals surface area contributed by atoms with Gasteiger partial charge in [-0.25, -0.2) is 8.42 Å². The van der Waals surface area contributed by atoms with Gasteiger partial charge in [0.15, 0.2) is 0 Å². The van der Waals surface area contributed by atoms with Crippen molar-refractivity contribution in [3.63, 3.8) is 0 Å². The molecule has 4 rings (SSSR count). The summed E-state index contributed by atoms with van der Waals surface area (Å²) in [5, 5.41) is 10.9. The average molecular weight is 438 g/mol. The summed E-state index contributed by atoms with van der Waals surface area (Å²) in [5.41, 5.74) is 4.00. The number of aryl methyl sites for hydroxylation is 1. The van der Waals surface area contributed by atoms with Crippen LogP contribution in [0.2, 0.25) is 0 Å². The van der Waals surface area contributed by atoms with Crippen LogP contribution < -0.4 is 9.04 Å². The summed E-state index contributed by atoms with van der Waals surface area (Å²) in [5.74, 6) is 1.56. The largest absolute Gasteiger partial charge is 0.497 e. The van der Waals surface area contributed by atoms with Crippen molar-refractivity contribution in [1.29, 1.82) is 5.26 Å². The maximum Gasteiger partial charge on any atom is 0.234 e. The lowest BCUT2D eigenvalue weighted by Gasteiger charge is -2.19. The van der Waals surface area contributed by atoms with Gasteiger partial charge in [-0.15, -0.1) is 0 Å². The third kappa shape index (κ3) is 4.00. The second-order valence-electron chi connectivity index (χ2n) is 8.02. The zero-order valence-electron chi connectivity index (χ0n) is 18.1. The maximum absolute atomic E-state index is 12.2. The number of nitriles is 1. The van der Waals surface area contributed by atoms with E-state index in [4.69, 9.17) is 4.74 Å². The minimum Gasteiger partial charge on any atom is -0.497 e. The molecule has 0 unspecified atom stereocenters. The van der Waals surface area contributed by atoms with Gasteiger partial charge in [-0.1, -0.05) is 25.0 Å². The number of nitrogens with zero attached hydrogens (tertiary/aromatic N) is 3. The summed E-state index contributed by atoms with van der Waals surface area (Å²) in [6, 6.07) is 15.6. The van der Waals surface area contributed by atoms with E-state index in [9.17, 15) is 13.7 Å². The van der Waals surface area contributed by atoms with Gasteiger partial charge in [0.25, 0.3) is 0 Å². The highest BCUT2D eigenvalue weighted by Crippen LogP contribution is 2.38. The molecule has 0 spiro atoms. The molecule has 7 heteroatoms. The van der Waals surface area contributed by atoms with Gasteiger partial charge in [-0.2, -0.15) is 5.26 Å². The molecule has 0 saturated heterocycles. The lowest BCUT2D eigenvalue weighted by Crippen LogP contribution is -2.27. The Kier molecular flexibility index (Phi) is 5.67. The van der Waals surface area contributed by atoms with E-state index in [-0.39, 0.29) is 5.75 Å².